The number of H-pyrrole nitrogens is 2. The quantitative estimate of drug-likeness (QED) is 0.129. The van der Waals surface area contributed by atoms with Gasteiger partial charge in [0.25, 0.3) is 11.1 Å². The van der Waals surface area contributed by atoms with E-state index >= 15 is 0 Å². The maximum atomic E-state index is 12.4. The third-order valence-electron chi connectivity index (χ3n) is 6.50. The molecule has 0 unspecified atom stereocenters. The Morgan fingerprint density at radius 3 is 1.62 bits per heavy atom. The molecule has 0 atom stereocenters. The Hall–Kier alpha value is -5.19. The van der Waals surface area contributed by atoms with E-state index in [2.05, 4.69) is 35.8 Å². The zero-order valence-corrected chi connectivity index (χ0v) is 30.2. The minimum Gasteiger partial charge on any atom is -0.871 e. The molecule has 0 saturated carbocycles. The van der Waals surface area contributed by atoms with Crippen LogP contribution in [0, 0.1) is 0 Å². The molecule has 16 nitrogen and oxygen atoms in total. The number of nitrogens with zero attached hydrogens (tertiary/aromatic N) is 6. The molecule has 0 radical (unpaired) electrons. The van der Waals surface area contributed by atoms with E-state index in [1.165, 1.54) is 59.5 Å². The van der Waals surface area contributed by atoms with Crippen LogP contribution in [0.5, 0.6) is 5.75 Å². The number of hydrogen-bond acceptors (Lipinski definition) is 10. The van der Waals surface area contributed by atoms with Crippen LogP contribution < -0.4 is 50.9 Å². The Labute approximate surface area is 316 Å². The number of azo groups is 2. The fourth-order valence-electron chi connectivity index (χ4n) is 4.12. The number of carboxylic acids is 1. The van der Waals surface area contributed by atoms with Crippen molar-refractivity contribution in [2.24, 2.45) is 20.5 Å². The molecule has 0 saturated heterocycles. The topological polar surface area (TPSA) is 247 Å². The van der Waals surface area contributed by atoms with Crippen LogP contribution in [0.3, 0.4) is 0 Å². The van der Waals surface area contributed by atoms with Gasteiger partial charge >= 0.3 is 45.5 Å². The summed E-state index contributed by atoms with van der Waals surface area (Å²) in [6.07, 6.45) is 2.76. The predicted octanol–water partition coefficient (Wildman–Crippen LogP) is 0.866. The minimum atomic E-state index is -3.59. The largest absolute Gasteiger partial charge is 1.00 e. The van der Waals surface area contributed by atoms with Crippen molar-refractivity contribution in [3.8, 4) is 17.1 Å². The molecule has 248 valence electrons. The van der Waals surface area contributed by atoms with Crippen LogP contribution in [-0.2, 0) is 27.4 Å². The SMILES string of the molecule is O=c1c(N=Nc2ccccc2[O-])c[nH]n1-c1ccccc1.[Cr].[NH3+]S(=O)(=O)c1ccc(-n2[nH]cc(N=Nc3ccccc3C(=O)O)c2=O)cc1.[Na+]. The van der Waals surface area contributed by atoms with Gasteiger partial charge in [-0.05, 0) is 54.6 Å². The number of benzene rings is 4. The van der Waals surface area contributed by atoms with Gasteiger partial charge in [-0.25, -0.2) is 19.3 Å². The van der Waals surface area contributed by atoms with Crippen LogP contribution in [-0.4, -0.2) is 39.1 Å². The number of aromatic nitrogens is 4. The average molecular weight is 743 g/mol. The average Bonchev–Trinajstić information content (AvgIpc) is 3.64. The van der Waals surface area contributed by atoms with Crippen molar-refractivity contribution in [1.29, 1.82) is 0 Å². The van der Waals surface area contributed by atoms with Gasteiger partial charge in [0.05, 0.1) is 35.0 Å². The summed E-state index contributed by atoms with van der Waals surface area (Å²) in [5, 5.41) is 44.5. The number of aromatic carboxylic acids is 1. The van der Waals surface area contributed by atoms with Crippen molar-refractivity contribution in [2.45, 2.75) is 4.90 Å². The summed E-state index contributed by atoms with van der Waals surface area (Å²) in [6.45, 7) is 0. The first kappa shape index (κ1) is 39.3. The smallest absolute Gasteiger partial charge is 0.871 e. The van der Waals surface area contributed by atoms with E-state index in [-0.39, 0.29) is 91.4 Å². The summed E-state index contributed by atoms with van der Waals surface area (Å²) in [4.78, 5) is 35.8. The molecule has 0 amide bonds. The number of carboxylic acid groups (broad SMARTS) is 1. The van der Waals surface area contributed by atoms with E-state index in [4.69, 9.17) is 5.11 Å². The van der Waals surface area contributed by atoms with Gasteiger partial charge in [0.2, 0.25) is 0 Å². The van der Waals surface area contributed by atoms with Crippen molar-refractivity contribution in [1.82, 2.24) is 19.6 Å². The van der Waals surface area contributed by atoms with Crippen LogP contribution in [0.15, 0.2) is 150 Å². The van der Waals surface area contributed by atoms with Crippen molar-refractivity contribution in [3.63, 3.8) is 0 Å². The molecule has 0 aliphatic heterocycles. The van der Waals surface area contributed by atoms with E-state index in [0.29, 0.717) is 11.4 Å². The van der Waals surface area contributed by atoms with Crippen LogP contribution >= 0.6 is 0 Å². The predicted molar refractivity (Wildman–Crippen MR) is 170 cm³/mol. The van der Waals surface area contributed by atoms with Gasteiger partial charge in [-0.15, -0.1) is 15.3 Å². The number of sulfonamides is 1. The Kier molecular flexibility index (Phi) is 13.7. The van der Waals surface area contributed by atoms with Gasteiger partial charge in [0, 0.05) is 17.4 Å². The molecule has 50 heavy (non-hydrogen) atoms. The normalized spacial score (nSPS) is 11.0. The van der Waals surface area contributed by atoms with Gasteiger partial charge < -0.3 is 10.2 Å². The molecule has 19 heteroatoms. The molecule has 0 spiro atoms. The fraction of sp³-hybridized carbons (Fsp3) is 0. The third-order valence-corrected chi connectivity index (χ3v) is 7.49. The monoisotopic (exact) mass is 742 g/mol. The molecule has 0 bridgehead atoms. The van der Waals surface area contributed by atoms with Crippen molar-refractivity contribution in [3.05, 3.63) is 142 Å². The first-order valence-electron chi connectivity index (χ1n) is 13.8. The minimum absolute atomic E-state index is 0. The number of carbonyl (C=O) groups is 1. The molecule has 0 aliphatic rings. The maximum absolute atomic E-state index is 12.4. The number of quaternary nitrogens is 1. The van der Waals surface area contributed by atoms with Crippen molar-refractivity contribution >= 4 is 38.7 Å². The van der Waals surface area contributed by atoms with Gasteiger partial charge in [-0.1, -0.05) is 54.3 Å². The summed E-state index contributed by atoms with van der Waals surface area (Å²) in [5.74, 6) is -1.39. The fourth-order valence-corrected chi connectivity index (χ4v) is 4.68. The Balaban J connectivity index is 0.000000267. The van der Waals surface area contributed by atoms with E-state index in [0.717, 1.165) is 4.68 Å². The van der Waals surface area contributed by atoms with Crippen LogP contribution in [0.4, 0.5) is 22.7 Å². The number of hydrogen-bond donors (Lipinski definition) is 4. The summed E-state index contributed by atoms with van der Waals surface area (Å²) < 4.78 is 25.3. The molecule has 0 fully saturated rings. The Morgan fingerprint density at radius 2 is 1.10 bits per heavy atom. The molecule has 6 aromatic rings. The van der Waals surface area contributed by atoms with E-state index in [1.54, 1.807) is 42.5 Å². The van der Waals surface area contributed by atoms with Gasteiger partial charge in [0.1, 0.15) is 10.6 Å². The molecule has 2 aromatic heterocycles. The molecular weight excluding hydrogens is 717 g/mol. The number of nitrogens with one attached hydrogen (secondary N) is 2. The summed E-state index contributed by atoms with van der Waals surface area (Å²) in [6, 6.07) is 26.9. The number of para-hydroxylation sites is 2. The zero-order chi connectivity index (χ0) is 34.3. The van der Waals surface area contributed by atoms with Crippen molar-refractivity contribution in [2.75, 3.05) is 0 Å². The summed E-state index contributed by atoms with van der Waals surface area (Å²) in [5.41, 5.74) is 0.609. The Morgan fingerprint density at radius 1 is 0.660 bits per heavy atom. The summed E-state index contributed by atoms with van der Waals surface area (Å²) >= 11 is 0. The van der Waals surface area contributed by atoms with Crippen molar-refractivity contribution < 1.29 is 75.5 Å². The zero-order valence-electron chi connectivity index (χ0n) is 26.1. The van der Waals surface area contributed by atoms with E-state index < -0.39 is 21.6 Å². The van der Waals surface area contributed by atoms with E-state index in [1.807, 2.05) is 18.2 Å². The van der Waals surface area contributed by atoms with Gasteiger partial charge in [-0.3, -0.25) is 19.8 Å². The molecule has 0 aliphatic carbocycles. The molecule has 4 aromatic carbocycles. The molecule has 6 rings (SSSR count). The number of rotatable bonds is 8. The van der Waals surface area contributed by atoms with Gasteiger partial charge in [0.15, 0.2) is 11.4 Å². The van der Waals surface area contributed by atoms with E-state index in [9.17, 15) is 27.9 Å². The second-order valence-corrected chi connectivity index (χ2v) is 11.4. The summed E-state index contributed by atoms with van der Waals surface area (Å²) in [7, 11) is -3.59. The van der Waals surface area contributed by atoms with Crippen LogP contribution in [0.25, 0.3) is 11.4 Å². The van der Waals surface area contributed by atoms with Gasteiger partial charge in [-0.2, -0.15) is 13.5 Å². The first-order chi connectivity index (χ1) is 23.0. The second kappa shape index (κ2) is 17.5. The Bertz CT molecular complexity index is 2370. The number of aromatic amines is 2. The van der Waals surface area contributed by atoms with Crippen LogP contribution in [0.1, 0.15) is 10.4 Å². The second-order valence-electron chi connectivity index (χ2n) is 9.73. The molecular formula is C31H25CrN9NaO7S+. The van der Waals surface area contributed by atoms with Crippen LogP contribution in [0.2, 0.25) is 0 Å². The third kappa shape index (κ3) is 9.49. The standard InChI is InChI=1S/C16H13N5O5S.C15H12N4O2.Cr.Na/c17-27(25,26)11-7-5-10(6-8-11)21-15(22)14(9-18-21)20-19-13-4-2-1-3-12(13)16(23)24;20-14-9-5-4-8-12(14)17-18-13-10-16-19(15(13)21)11-6-2-1-3-7-11;;/h1-9,18H,(H,23,24)(H2,17,25,26);1-10,16,20H;;/q;;;+1. The molecule has 6 N–H and O–H groups in total. The maximum Gasteiger partial charge on any atom is 1.00 e. The molecule has 2 heterocycles. The first-order valence-corrected chi connectivity index (χ1v) is 15.4.